The number of methoxy groups -OCH3 is 2. The molecule has 0 aliphatic carbocycles. The van der Waals surface area contributed by atoms with E-state index in [0.717, 1.165) is 5.56 Å². The van der Waals surface area contributed by atoms with Crippen molar-refractivity contribution in [2.45, 2.75) is 20.1 Å². The van der Waals surface area contributed by atoms with Gasteiger partial charge in [0, 0.05) is 17.5 Å². The zero-order chi connectivity index (χ0) is 22.7. The van der Waals surface area contributed by atoms with E-state index in [1.54, 1.807) is 49.4 Å². The number of aromatic nitrogens is 3. The molecule has 32 heavy (non-hydrogen) atoms. The number of benzene rings is 2. The number of ether oxygens (including phenoxy) is 3. The van der Waals surface area contributed by atoms with E-state index in [0.29, 0.717) is 34.9 Å². The highest BCUT2D eigenvalue weighted by atomic mass is 16.5. The lowest BCUT2D eigenvalue weighted by Crippen LogP contribution is -2.05. The maximum atomic E-state index is 12.2. The van der Waals surface area contributed by atoms with Crippen molar-refractivity contribution in [2.24, 2.45) is 0 Å². The smallest absolute Gasteiger partial charge is 0.336 e. The Labute approximate surface area is 183 Å². The van der Waals surface area contributed by atoms with Crippen LogP contribution in [0, 0.1) is 0 Å². The van der Waals surface area contributed by atoms with Gasteiger partial charge in [0.2, 0.25) is 0 Å². The second-order valence-corrected chi connectivity index (χ2v) is 7.08. The van der Waals surface area contributed by atoms with Gasteiger partial charge in [-0.2, -0.15) is 0 Å². The number of carbonyl (C=O) groups is 1. The molecule has 2 aromatic heterocycles. The average molecular weight is 435 g/mol. The van der Waals surface area contributed by atoms with Gasteiger partial charge in [0.1, 0.15) is 35.1 Å². The molecule has 0 atom stereocenters. The molecular formula is C23H21N3O6. The molecule has 2 heterocycles. The van der Waals surface area contributed by atoms with Crippen LogP contribution in [0.5, 0.6) is 17.2 Å². The summed E-state index contributed by atoms with van der Waals surface area (Å²) in [6.07, 6.45) is 1.75. The molecule has 4 rings (SSSR count). The van der Waals surface area contributed by atoms with Crippen molar-refractivity contribution in [2.75, 3.05) is 14.2 Å². The average Bonchev–Trinajstić information content (AvgIpc) is 3.23. The lowest BCUT2D eigenvalue weighted by Gasteiger charge is -2.10. The predicted molar refractivity (Wildman–Crippen MR) is 115 cm³/mol. The van der Waals surface area contributed by atoms with Crippen LogP contribution in [0.15, 0.2) is 57.9 Å². The number of hydrogen-bond donors (Lipinski definition) is 0. The van der Waals surface area contributed by atoms with Gasteiger partial charge in [0.25, 0.3) is 0 Å². The van der Waals surface area contributed by atoms with Gasteiger partial charge in [-0.1, -0.05) is 5.21 Å². The van der Waals surface area contributed by atoms with Crippen LogP contribution in [0.1, 0.15) is 28.5 Å². The van der Waals surface area contributed by atoms with Crippen LogP contribution in [0.2, 0.25) is 0 Å². The third kappa shape index (κ3) is 4.46. The highest BCUT2D eigenvalue weighted by molar-refractivity contribution is 6.07. The molecule has 0 spiro atoms. The third-order valence-electron chi connectivity index (χ3n) is 4.82. The summed E-state index contributed by atoms with van der Waals surface area (Å²) < 4.78 is 23.3. The molecule has 0 aliphatic rings. The first-order chi connectivity index (χ1) is 15.5. The number of rotatable bonds is 8. The van der Waals surface area contributed by atoms with Crippen molar-refractivity contribution in [3.05, 3.63) is 75.9 Å². The van der Waals surface area contributed by atoms with E-state index in [2.05, 4.69) is 10.3 Å². The summed E-state index contributed by atoms with van der Waals surface area (Å²) in [5.74, 6) is 1.41. The molecule has 0 saturated carbocycles. The van der Waals surface area contributed by atoms with Gasteiger partial charge < -0.3 is 18.6 Å². The second kappa shape index (κ2) is 8.93. The fraction of sp³-hybridized carbons (Fsp3) is 0.217. The van der Waals surface area contributed by atoms with Crippen LogP contribution in [0.4, 0.5) is 0 Å². The highest BCUT2D eigenvalue weighted by Crippen LogP contribution is 2.28. The lowest BCUT2D eigenvalue weighted by atomic mass is 10.1. The molecule has 0 unspecified atom stereocenters. The summed E-state index contributed by atoms with van der Waals surface area (Å²) in [7, 11) is 3.19. The van der Waals surface area contributed by atoms with E-state index < -0.39 is 5.63 Å². The molecule has 164 valence electrons. The van der Waals surface area contributed by atoms with Crippen molar-refractivity contribution in [3.8, 4) is 17.2 Å². The monoisotopic (exact) mass is 435 g/mol. The van der Waals surface area contributed by atoms with Crippen molar-refractivity contribution in [1.29, 1.82) is 0 Å². The fourth-order valence-electron chi connectivity index (χ4n) is 3.35. The Hall–Kier alpha value is -4.14. The zero-order valence-corrected chi connectivity index (χ0v) is 17.8. The molecule has 2 aromatic carbocycles. The Morgan fingerprint density at radius 2 is 1.78 bits per heavy atom. The summed E-state index contributed by atoms with van der Waals surface area (Å²) >= 11 is 0. The molecular weight excluding hydrogens is 414 g/mol. The van der Waals surface area contributed by atoms with E-state index >= 15 is 0 Å². The van der Waals surface area contributed by atoms with Gasteiger partial charge in [-0.15, -0.1) is 5.10 Å². The van der Waals surface area contributed by atoms with E-state index in [1.165, 1.54) is 13.0 Å². The minimum atomic E-state index is -0.533. The maximum absolute atomic E-state index is 12.2. The van der Waals surface area contributed by atoms with Gasteiger partial charge in [-0.3, -0.25) is 4.79 Å². The van der Waals surface area contributed by atoms with Crippen molar-refractivity contribution in [1.82, 2.24) is 15.0 Å². The largest absolute Gasteiger partial charge is 0.497 e. The Morgan fingerprint density at radius 3 is 2.47 bits per heavy atom. The van der Waals surface area contributed by atoms with Crippen molar-refractivity contribution >= 4 is 16.8 Å². The number of nitrogens with zero attached hydrogens (tertiary/aromatic N) is 3. The Bertz CT molecular complexity index is 1320. The van der Waals surface area contributed by atoms with E-state index in [4.69, 9.17) is 18.6 Å². The molecule has 0 bridgehead atoms. The van der Waals surface area contributed by atoms with E-state index in [9.17, 15) is 9.59 Å². The first-order valence-electron chi connectivity index (χ1n) is 9.78. The van der Waals surface area contributed by atoms with Crippen LogP contribution < -0.4 is 19.8 Å². The molecule has 0 radical (unpaired) electrons. The Balaban J connectivity index is 1.53. The number of Topliss-reactive ketones (excluding diaryl/α,β-unsaturated/α-hetero) is 1. The van der Waals surface area contributed by atoms with Gasteiger partial charge in [0.05, 0.1) is 27.0 Å². The molecule has 0 fully saturated rings. The quantitative estimate of drug-likeness (QED) is 0.307. The molecule has 0 N–H and O–H groups in total. The minimum Gasteiger partial charge on any atom is -0.497 e. The summed E-state index contributed by atoms with van der Waals surface area (Å²) in [6, 6.07) is 11.9. The second-order valence-electron chi connectivity index (χ2n) is 7.08. The minimum absolute atomic E-state index is 0.0876. The summed E-state index contributed by atoms with van der Waals surface area (Å²) in [5, 5.41) is 8.90. The Kier molecular flexibility index (Phi) is 5.89. The first-order valence-corrected chi connectivity index (χ1v) is 9.78. The number of carbonyl (C=O) groups excluding carboxylic acids is 1. The summed E-state index contributed by atoms with van der Waals surface area (Å²) in [4.78, 5) is 23.8. The van der Waals surface area contributed by atoms with Crippen molar-refractivity contribution in [3.63, 3.8) is 0 Å². The zero-order valence-electron chi connectivity index (χ0n) is 17.8. The lowest BCUT2D eigenvalue weighted by molar-refractivity contribution is 0.101. The predicted octanol–water partition coefficient (Wildman–Crippen LogP) is 3.23. The molecule has 9 heteroatoms. The van der Waals surface area contributed by atoms with E-state index in [-0.39, 0.29) is 23.5 Å². The van der Waals surface area contributed by atoms with Gasteiger partial charge in [0.15, 0.2) is 11.4 Å². The van der Waals surface area contributed by atoms with E-state index in [1.807, 2.05) is 12.1 Å². The molecule has 0 aliphatic heterocycles. The number of hydrogen-bond acceptors (Lipinski definition) is 8. The van der Waals surface area contributed by atoms with Crippen LogP contribution in [-0.2, 0) is 13.2 Å². The van der Waals surface area contributed by atoms with Crippen LogP contribution in [-0.4, -0.2) is 35.0 Å². The van der Waals surface area contributed by atoms with Gasteiger partial charge in [-0.25, -0.2) is 9.48 Å². The highest BCUT2D eigenvalue weighted by Gasteiger charge is 2.17. The molecule has 9 nitrogen and oxygen atoms in total. The summed E-state index contributed by atoms with van der Waals surface area (Å²) in [6.45, 7) is 1.94. The fourth-order valence-corrected chi connectivity index (χ4v) is 3.35. The third-order valence-corrected chi connectivity index (χ3v) is 4.82. The number of fused-ring (bicyclic) bond motifs is 1. The molecule has 0 amide bonds. The van der Waals surface area contributed by atoms with Crippen LogP contribution >= 0.6 is 0 Å². The normalized spacial score (nSPS) is 10.8. The summed E-state index contributed by atoms with van der Waals surface area (Å²) in [5.41, 5.74) is 1.40. The topological polar surface area (TPSA) is 106 Å². The standard InChI is InChI=1S/C23H21N3O6/c1-14(27)22-20(6-4-16-5-7-21(28)32-23(16)22)31-13-17-12-26(25-24-17)11-15-8-18(29-2)10-19(9-15)30-3/h4-10,12H,11,13H2,1-3H3. The van der Waals surface area contributed by atoms with Crippen LogP contribution in [0.3, 0.4) is 0 Å². The molecule has 4 aromatic rings. The first kappa shape index (κ1) is 21.1. The van der Waals surface area contributed by atoms with Crippen LogP contribution in [0.25, 0.3) is 11.0 Å². The van der Waals surface area contributed by atoms with Crippen molar-refractivity contribution < 1.29 is 23.4 Å². The number of ketones is 1. The maximum Gasteiger partial charge on any atom is 0.336 e. The Morgan fingerprint density at radius 1 is 1.06 bits per heavy atom. The van der Waals surface area contributed by atoms with Gasteiger partial charge >= 0.3 is 5.63 Å². The SMILES string of the molecule is COc1cc(Cn2cc(COc3ccc4ccc(=O)oc4c3C(C)=O)nn2)cc(OC)c1. The van der Waals surface area contributed by atoms with Gasteiger partial charge in [-0.05, 0) is 42.8 Å². The molecule has 0 saturated heterocycles.